The van der Waals surface area contributed by atoms with Gasteiger partial charge in [0.25, 0.3) is 6.43 Å². The second-order valence-electron chi connectivity index (χ2n) is 2.54. The summed E-state index contributed by atoms with van der Waals surface area (Å²) >= 11 is 0. The Balaban J connectivity index is 2.64. The van der Waals surface area contributed by atoms with E-state index in [1.54, 1.807) is 0 Å². The highest BCUT2D eigenvalue weighted by Crippen LogP contribution is 2.02. The van der Waals surface area contributed by atoms with E-state index in [-0.39, 0.29) is 17.3 Å². The first-order valence-corrected chi connectivity index (χ1v) is 3.95. The smallest absolute Gasteiger partial charge is 0.255 e. The van der Waals surface area contributed by atoms with Crippen molar-refractivity contribution in [3.8, 4) is 0 Å². The summed E-state index contributed by atoms with van der Waals surface area (Å²) < 4.78 is 23.6. The van der Waals surface area contributed by atoms with E-state index in [0.29, 0.717) is 0 Å². The van der Waals surface area contributed by atoms with Gasteiger partial charge in [-0.05, 0) is 0 Å². The molecule has 0 aliphatic heterocycles. The van der Waals surface area contributed by atoms with Crippen LogP contribution in [0.5, 0.6) is 0 Å². The van der Waals surface area contributed by atoms with Crippen molar-refractivity contribution in [2.24, 2.45) is 10.9 Å². The maximum absolute atomic E-state index is 11.8. The summed E-state index contributed by atoms with van der Waals surface area (Å²) in [6, 6.07) is 0. The average molecular weight is 217 g/mol. The molecule has 6 nitrogen and oxygen atoms in total. The Morgan fingerprint density at radius 2 is 2.27 bits per heavy atom. The average Bonchev–Trinajstić information content (AvgIpc) is 2.26. The molecular weight excluding hydrogens is 208 g/mol. The van der Waals surface area contributed by atoms with Crippen molar-refractivity contribution < 1.29 is 14.0 Å². The fourth-order valence-corrected chi connectivity index (χ4v) is 0.785. The number of nitrogens with zero attached hydrogens (tertiary/aromatic N) is 3. The second-order valence-corrected chi connectivity index (χ2v) is 2.54. The number of rotatable bonds is 4. The minimum Gasteiger partial charge on any atom is -0.409 e. The van der Waals surface area contributed by atoms with Crippen molar-refractivity contribution in [3.05, 3.63) is 18.1 Å². The zero-order valence-electron chi connectivity index (χ0n) is 7.56. The number of alkyl halides is 2. The molecule has 15 heavy (non-hydrogen) atoms. The zero-order chi connectivity index (χ0) is 11.3. The predicted molar refractivity (Wildman–Crippen MR) is 49.0 cm³/mol. The van der Waals surface area contributed by atoms with Gasteiger partial charge in [-0.1, -0.05) is 5.16 Å². The van der Waals surface area contributed by atoms with E-state index in [2.05, 4.69) is 20.4 Å². The van der Waals surface area contributed by atoms with Gasteiger partial charge < -0.3 is 16.3 Å². The van der Waals surface area contributed by atoms with Gasteiger partial charge in [-0.3, -0.25) is 0 Å². The molecule has 0 bridgehead atoms. The number of nitrogens with two attached hydrogens (primary N) is 1. The number of nitrogens with one attached hydrogen (secondary N) is 1. The Kier molecular flexibility index (Phi) is 3.72. The van der Waals surface area contributed by atoms with Gasteiger partial charge in [0.15, 0.2) is 5.84 Å². The van der Waals surface area contributed by atoms with Gasteiger partial charge >= 0.3 is 0 Å². The molecule has 0 radical (unpaired) electrons. The van der Waals surface area contributed by atoms with Crippen LogP contribution in [-0.2, 0) is 0 Å². The van der Waals surface area contributed by atoms with Crippen molar-refractivity contribution in [2.75, 3.05) is 11.9 Å². The molecule has 1 heterocycles. The third-order valence-corrected chi connectivity index (χ3v) is 1.46. The molecule has 1 rings (SSSR count). The molecule has 0 fully saturated rings. The fourth-order valence-electron chi connectivity index (χ4n) is 0.785. The van der Waals surface area contributed by atoms with Gasteiger partial charge in [0.1, 0.15) is 11.5 Å². The molecule has 0 atom stereocenters. The molecule has 0 saturated heterocycles. The number of oxime groups is 1. The largest absolute Gasteiger partial charge is 0.409 e. The van der Waals surface area contributed by atoms with Crippen LogP contribution in [0.3, 0.4) is 0 Å². The van der Waals surface area contributed by atoms with Crippen LogP contribution in [0.15, 0.2) is 17.5 Å². The first-order valence-electron chi connectivity index (χ1n) is 3.95. The van der Waals surface area contributed by atoms with Crippen molar-refractivity contribution in [3.63, 3.8) is 0 Å². The van der Waals surface area contributed by atoms with E-state index in [1.807, 2.05) is 0 Å². The molecule has 1 aromatic heterocycles. The number of hydrogen-bond donors (Lipinski definition) is 3. The quantitative estimate of drug-likeness (QED) is 0.291. The molecule has 0 aromatic carbocycles. The van der Waals surface area contributed by atoms with Crippen molar-refractivity contribution in [1.82, 2.24) is 9.97 Å². The minimum absolute atomic E-state index is 0.167. The summed E-state index contributed by atoms with van der Waals surface area (Å²) in [5.41, 5.74) is 5.39. The first-order chi connectivity index (χ1) is 7.13. The molecule has 4 N–H and O–H groups in total. The molecule has 0 saturated carbocycles. The van der Waals surface area contributed by atoms with Crippen LogP contribution in [0.25, 0.3) is 0 Å². The highest BCUT2D eigenvalue weighted by molar-refractivity contribution is 5.94. The molecule has 1 aromatic rings. The summed E-state index contributed by atoms with van der Waals surface area (Å²) in [4.78, 5) is 7.48. The normalized spacial score (nSPS) is 11.8. The lowest BCUT2D eigenvalue weighted by Crippen LogP contribution is -2.16. The van der Waals surface area contributed by atoms with E-state index in [1.165, 1.54) is 12.4 Å². The van der Waals surface area contributed by atoms with Crippen molar-refractivity contribution in [2.45, 2.75) is 6.43 Å². The number of anilines is 1. The summed E-state index contributed by atoms with van der Waals surface area (Å²) in [5, 5.41) is 13.4. The summed E-state index contributed by atoms with van der Waals surface area (Å²) in [6.45, 7) is -0.502. The van der Waals surface area contributed by atoms with Gasteiger partial charge in [0, 0.05) is 0 Å². The number of hydrogen-bond acceptors (Lipinski definition) is 5. The SMILES string of the molecule is NC(=NO)c1cnc(NCC(F)F)cn1. The van der Waals surface area contributed by atoms with Gasteiger partial charge in [0.05, 0.1) is 18.9 Å². The van der Waals surface area contributed by atoms with Crippen LogP contribution >= 0.6 is 0 Å². The molecule has 0 unspecified atom stereocenters. The van der Waals surface area contributed by atoms with Crippen LogP contribution in [0, 0.1) is 0 Å². The van der Waals surface area contributed by atoms with Crippen LogP contribution in [-0.4, -0.2) is 34.0 Å². The predicted octanol–water partition coefficient (Wildman–Crippen LogP) is 0.248. The van der Waals surface area contributed by atoms with Gasteiger partial charge in [-0.15, -0.1) is 0 Å². The highest BCUT2D eigenvalue weighted by Gasteiger charge is 2.04. The van der Waals surface area contributed by atoms with Crippen molar-refractivity contribution >= 4 is 11.7 Å². The van der Waals surface area contributed by atoms with Gasteiger partial charge in [-0.2, -0.15) is 0 Å². The summed E-state index contributed by atoms with van der Waals surface area (Å²) in [6.07, 6.45) is -0.0333. The Labute approximate surface area is 83.8 Å². The topological polar surface area (TPSA) is 96.4 Å². The van der Waals surface area contributed by atoms with Gasteiger partial charge in [-0.25, -0.2) is 18.7 Å². The second kappa shape index (κ2) is 5.03. The molecule has 0 aliphatic carbocycles. The van der Waals surface area contributed by atoms with Gasteiger partial charge in [0.2, 0.25) is 0 Å². The van der Waals surface area contributed by atoms with Crippen LogP contribution in [0.2, 0.25) is 0 Å². The minimum atomic E-state index is -2.46. The Bertz CT molecular complexity index is 340. The van der Waals surface area contributed by atoms with E-state index in [9.17, 15) is 8.78 Å². The zero-order valence-corrected chi connectivity index (χ0v) is 7.56. The summed E-state index contributed by atoms with van der Waals surface area (Å²) in [5.74, 6) is 0.00713. The van der Waals surface area contributed by atoms with E-state index in [0.717, 1.165) is 0 Å². The lowest BCUT2D eigenvalue weighted by Gasteiger charge is -2.04. The van der Waals surface area contributed by atoms with E-state index < -0.39 is 13.0 Å². The number of halogens is 2. The number of amidine groups is 1. The Morgan fingerprint density at radius 1 is 1.53 bits per heavy atom. The standard InChI is InChI=1S/C7H9F2N5O/c8-5(9)2-13-6-3-11-4(1-12-6)7(10)14-15/h1,3,5,15H,2H2,(H2,10,14)(H,12,13). The first kappa shape index (κ1) is 11.1. The van der Waals surface area contributed by atoms with Crippen molar-refractivity contribution in [1.29, 1.82) is 0 Å². The third kappa shape index (κ3) is 3.33. The highest BCUT2D eigenvalue weighted by atomic mass is 19.3. The Morgan fingerprint density at radius 3 is 2.73 bits per heavy atom. The van der Waals surface area contributed by atoms with E-state index >= 15 is 0 Å². The van der Waals surface area contributed by atoms with Crippen LogP contribution in [0.4, 0.5) is 14.6 Å². The van der Waals surface area contributed by atoms with E-state index in [4.69, 9.17) is 10.9 Å². The Hall–Kier alpha value is -1.99. The van der Waals surface area contributed by atoms with Crippen LogP contribution in [0.1, 0.15) is 5.69 Å². The molecule has 8 heteroatoms. The molecular formula is C7H9F2N5O. The number of aromatic nitrogens is 2. The van der Waals surface area contributed by atoms with Crippen LogP contribution < -0.4 is 11.1 Å². The maximum atomic E-state index is 11.8. The maximum Gasteiger partial charge on any atom is 0.255 e. The summed E-state index contributed by atoms with van der Waals surface area (Å²) in [7, 11) is 0. The molecule has 82 valence electrons. The lowest BCUT2D eigenvalue weighted by atomic mass is 10.4. The third-order valence-electron chi connectivity index (χ3n) is 1.46. The monoisotopic (exact) mass is 217 g/mol. The molecule has 0 spiro atoms. The lowest BCUT2D eigenvalue weighted by molar-refractivity contribution is 0.163. The molecule has 0 aliphatic rings. The fraction of sp³-hybridized carbons (Fsp3) is 0.286. The molecule has 0 amide bonds.